The van der Waals surface area contributed by atoms with Crippen molar-refractivity contribution in [2.24, 2.45) is 0 Å². The lowest BCUT2D eigenvalue weighted by Crippen LogP contribution is -2.37. The Morgan fingerprint density at radius 3 is 2.88 bits per heavy atom. The van der Waals surface area contributed by atoms with E-state index < -0.39 is 10.5 Å². The molecule has 0 fully saturated rings. The molecule has 0 bridgehead atoms. The van der Waals surface area contributed by atoms with Gasteiger partial charge in [-0.25, -0.2) is 0 Å². The number of methoxy groups -OCH3 is 1. The quantitative estimate of drug-likeness (QED) is 0.650. The van der Waals surface area contributed by atoms with E-state index in [4.69, 9.17) is 4.74 Å². The summed E-state index contributed by atoms with van der Waals surface area (Å²) in [5, 5.41) is 25.2. The van der Waals surface area contributed by atoms with Crippen molar-refractivity contribution < 1.29 is 14.8 Å². The van der Waals surface area contributed by atoms with Gasteiger partial charge in [0.15, 0.2) is 5.75 Å². The van der Waals surface area contributed by atoms with Crippen LogP contribution in [0.25, 0.3) is 0 Å². The number of aliphatic hydroxyl groups is 1. The van der Waals surface area contributed by atoms with E-state index in [-0.39, 0.29) is 11.4 Å². The fourth-order valence-corrected chi connectivity index (χ4v) is 3.27. The van der Waals surface area contributed by atoms with Crippen molar-refractivity contribution in [3.05, 3.63) is 63.7 Å². The van der Waals surface area contributed by atoms with Gasteiger partial charge < -0.3 is 15.2 Å². The second-order valence-corrected chi connectivity index (χ2v) is 6.04. The van der Waals surface area contributed by atoms with Gasteiger partial charge in [-0.05, 0) is 36.5 Å². The first kappa shape index (κ1) is 16.3. The van der Waals surface area contributed by atoms with Gasteiger partial charge in [0.25, 0.3) is 0 Å². The minimum absolute atomic E-state index is 0.0789. The van der Waals surface area contributed by atoms with E-state index in [1.54, 1.807) is 12.1 Å². The van der Waals surface area contributed by atoms with Crippen molar-refractivity contribution in [3.8, 4) is 5.75 Å². The van der Waals surface area contributed by atoms with E-state index in [9.17, 15) is 15.2 Å². The molecule has 6 heteroatoms. The Labute approximate surface area is 140 Å². The van der Waals surface area contributed by atoms with Crippen LogP contribution in [0.2, 0.25) is 0 Å². The van der Waals surface area contributed by atoms with Gasteiger partial charge in [-0.15, -0.1) is 0 Å². The number of aryl methyl sites for hydroxylation is 1. The molecule has 0 radical (unpaired) electrons. The van der Waals surface area contributed by atoms with Crippen LogP contribution < -0.4 is 10.1 Å². The summed E-state index contributed by atoms with van der Waals surface area (Å²) >= 11 is 0. The van der Waals surface area contributed by atoms with Crippen LogP contribution in [0.3, 0.4) is 0 Å². The van der Waals surface area contributed by atoms with E-state index in [2.05, 4.69) is 5.32 Å². The summed E-state index contributed by atoms with van der Waals surface area (Å²) < 4.78 is 5.08. The van der Waals surface area contributed by atoms with E-state index in [1.807, 2.05) is 24.3 Å². The third-order valence-electron chi connectivity index (χ3n) is 4.52. The highest BCUT2D eigenvalue weighted by Gasteiger charge is 2.33. The van der Waals surface area contributed by atoms with Gasteiger partial charge in [-0.1, -0.05) is 24.3 Å². The fraction of sp³-hybridized carbons (Fsp3) is 0.333. The van der Waals surface area contributed by atoms with E-state index in [1.165, 1.54) is 18.7 Å². The number of hydrogen-bond donors (Lipinski definition) is 2. The molecule has 0 spiro atoms. The van der Waals surface area contributed by atoms with Crippen LogP contribution in [0.4, 0.5) is 11.4 Å². The lowest BCUT2D eigenvalue weighted by Gasteiger charge is -2.35. The zero-order valence-electron chi connectivity index (χ0n) is 13.5. The van der Waals surface area contributed by atoms with E-state index >= 15 is 0 Å². The second-order valence-electron chi connectivity index (χ2n) is 6.04. The number of nitrogens with zero attached hydrogens (tertiary/aromatic N) is 1. The summed E-state index contributed by atoms with van der Waals surface area (Å²) in [6, 6.07) is 12.5. The molecular weight excluding hydrogens is 308 g/mol. The van der Waals surface area contributed by atoms with Gasteiger partial charge in [0.2, 0.25) is 0 Å². The molecular formula is C18H20N2O4. The van der Waals surface area contributed by atoms with Crippen LogP contribution in [-0.2, 0) is 12.0 Å². The highest BCUT2D eigenvalue weighted by Crippen LogP contribution is 2.36. The van der Waals surface area contributed by atoms with Crippen molar-refractivity contribution in [2.75, 3.05) is 19.0 Å². The maximum atomic E-state index is 11.1. The molecule has 1 aliphatic carbocycles. The Bertz CT molecular complexity index is 762. The molecule has 2 aromatic carbocycles. The summed E-state index contributed by atoms with van der Waals surface area (Å²) in [4.78, 5) is 10.5. The van der Waals surface area contributed by atoms with E-state index in [0.717, 1.165) is 18.4 Å². The maximum absolute atomic E-state index is 11.1. The number of rotatable bonds is 5. The van der Waals surface area contributed by atoms with Crippen LogP contribution in [-0.4, -0.2) is 23.7 Å². The standard InChI is InChI=1S/C18H20N2O4/c1-24-17-11-14(8-9-16(17)20(22)23)19-12-18(21)10-4-6-13-5-2-3-7-15(13)18/h2-3,5,7-9,11,19,21H,4,6,10,12H2,1H3. The SMILES string of the molecule is COc1cc(NCC2(O)CCCc3ccccc32)ccc1[N+](=O)[O-]. The lowest BCUT2D eigenvalue weighted by molar-refractivity contribution is -0.385. The Balaban J connectivity index is 1.80. The minimum Gasteiger partial charge on any atom is -0.490 e. The van der Waals surface area contributed by atoms with Gasteiger partial charge in [0, 0.05) is 24.4 Å². The van der Waals surface area contributed by atoms with Crippen molar-refractivity contribution in [1.29, 1.82) is 0 Å². The summed E-state index contributed by atoms with van der Waals surface area (Å²) in [6.07, 6.45) is 2.59. The Morgan fingerprint density at radius 2 is 2.12 bits per heavy atom. The largest absolute Gasteiger partial charge is 0.490 e. The van der Waals surface area contributed by atoms with Crippen molar-refractivity contribution in [2.45, 2.75) is 24.9 Å². The highest BCUT2D eigenvalue weighted by molar-refractivity contribution is 5.58. The van der Waals surface area contributed by atoms with Crippen LogP contribution >= 0.6 is 0 Å². The Morgan fingerprint density at radius 1 is 1.33 bits per heavy atom. The summed E-state index contributed by atoms with van der Waals surface area (Å²) in [6.45, 7) is 0.338. The first-order valence-electron chi connectivity index (χ1n) is 7.90. The summed E-state index contributed by atoms with van der Waals surface area (Å²) in [5.74, 6) is 0.195. The molecule has 0 amide bonds. The number of hydrogen-bond acceptors (Lipinski definition) is 5. The normalized spacial score (nSPS) is 19.4. The third kappa shape index (κ3) is 3.05. The Kier molecular flexibility index (Phi) is 4.40. The van der Waals surface area contributed by atoms with Gasteiger partial charge in [-0.2, -0.15) is 0 Å². The molecule has 3 rings (SSSR count). The van der Waals surface area contributed by atoms with Crippen molar-refractivity contribution >= 4 is 11.4 Å². The lowest BCUT2D eigenvalue weighted by atomic mass is 9.79. The number of ether oxygens (including phenoxy) is 1. The predicted octanol–water partition coefficient (Wildman–Crippen LogP) is 3.24. The molecule has 2 N–H and O–H groups in total. The molecule has 126 valence electrons. The van der Waals surface area contributed by atoms with Gasteiger partial charge >= 0.3 is 5.69 Å². The zero-order valence-corrected chi connectivity index (χ0v) is 13.5. The molecule has 0 aliphatic heterocycles. The predicted molar refractivity (Wildman–Crippen MR) is 91.4 cm³/mol. The number of nitro benzene ring substituents is 1. The number of anilines is 1. The second kappa shape index (κ2) is 6.49. The third-order valence-corrected chi connectivity index (χ3v) is 4.52. The molecule has 0 saturated carbocycles. The van der Waals surface area contributed by atoms with Crippen LogP contribution in [0.5, 0.6) is 5.75 Å². The molecule has 6 nitrogen and oxygen atoms in total. The molecule has 1 aliphatic rings. The number of fused-ring (bicyclic) bond motifs is 1. The van der Waals surface area contributed by atoms with Crippen LogP contribution in [0.1, 0.15) is 24.0 Å². The molecule has 2 aromatic rings. The molecule has 1 unspecified atom stereocenters. The summed E-state index contributed by atoms with van der Waals surface area (Å²) in [7, 11) is 1.40. The smallest absolute Gasteiger partial charge is 0.311 e. The van der Waals surface area contributed by atoms with Gasteiger partial charge in [0.05, 0.1) is 12.0 Å². The molecule has 0 heterocycles. The van der Waals surface area contributed by atoms with Crippen LogP contribution in [0, 0.1) is 10.1 Å². The van der Waals surface area contributed by atoms with Crippen molar-refractivity contribution in [3.63, 3.8) is 0 Å². The fourth-order valence-electron chi connectivity index (χ4n) is 3.27. The van der Waals surface area contributed by atoms with Crippen LogP contribution in [0.15, 0.2) is 42.5 Å². The maximum Gasteiger partial charge on any atom is 0.311 e. The average Bonchev–Trinajstić information content (AvgIpc) is 2.60. The summed E-state index contributed by atoms with van der Waals surface area (Å²) in [5.41, 5.74) is 1.79. The molecule has 0 saturated heterocycles. The number of benzene rings is 2. The number of nitro groups is 1. The van der Waals surface area contributed by atoms with Gasteiger partial charge in [-0.3, -0.25) is 10.1 Å². The highest BCUT2D eigenvalue weighted by atomic mass is 16.6. The molecule has 0 aromatic heterocycles. The number of nitrogens with one attached hydrogen (secondary N) is 1. The topological polar surface area (TPSA) is 84.6 Å². The monoisotopic (exact) mass is 328 g/mol. The Hall–Kier alpha value is -2.60. The van der Waals surface area contributed by atoms with E-state index in [0.29, 0.717) is 18.7 Å². The van der Waals surface area contributed by atoms with Gasteiger partial charge in [0.1, 0.15) is 5.60 Å². The molecule has 24 heavy (non-hydrogen) atoms. The minimum atomic E-state index is -0.941. The zero-order chi connectivity index (χ0) is 17.2. The average molecular weight is 328 g/mol. The molecule has 1 atom stereocenters. The first-order chi connectivity index (χ1) is 11.5. The van der Waals surface area contributed by atoms with Crippen molar-refractivity contribution in [1.82, 2.24) is 0 Å². The first-order valence-corrected chi connectivity index (χ1v) is 7.90.